The van der Waals surface area contributed by atoms with Crippen molar-refractivity contribution in [3.63, 3.8) is 0 Å². The SMILES string of the molecule is C=CCc1cccc(/C=N\n2c(-c3ccco3)n[nH]c2=S)c1O. The summed E-state index contributed by atoms with van der Waals surface area (Å²) < 4.78 is 7.08. The number of para-hydroxylation sites is 1. The summed E-state index contributed by atoms with van der Waals surface area (Å²) in [5.41, 5.74) is 1.36. The molecule has 0 fully saturated rings. The van der Waals surface area contributed by atoms with Crippen LogP contribution in [0.1, 0.15) is 11.1 Å². The molecule has 6 nitrogen and oxygen atoms in total. The van der Waals surface area contributed by atoms with Gasteiger partial charge in [-0.25, -0.2) is 5.10 Å². The lowest BCUT2D eigenvalue weighted by Crippen LogP contribution is -1.95. The molecule has 0 bridgehead atoms. The largest absolute Gasteiger partial charge is 0.507 e. The van der Waals surface area contributed by atoms with Crippen LogP contribution in [0.2, 0.25) is 0 Å². The Kier molecular flexibility index (Phi) is 4.20. The van der Waals surface area contributed by atoms with E-state index in [9.17, 15) is 5.11 Å². The summed E-state index contributed by atoms with van der Waals surface area (Å²) in [5.74, 6) is 1.17. The first-order valence-electron chi connectivity index (χ1n) is 6.88. The highest BCUT2D eigenvalue weighted by atomic mass is 32.1. The zero-order valence-electron chi connectivity index (χ0n) is 12.1. The third-order valence-electron chi connectivity index (χ3n) is 3.22. The van der Waals surface area contributed by atoms with Crippen molar-refractivity contribution in [2.75, 3.05) is 0 Å². The highest BCUT2D eigenvalue weighted by Gasteiger charge is 2.11. The van der Waals surface area contributed by atoms with Crippen molar-refractivity contribution in [1.29, 1.82) is 0 Å². The molecule has 0 saturated heterocycles. The molecule has 2 heterocycles. The van der Waals surface area contributed by atoms with Crippen molar-refractivity contribution in [2.24, 2.45) is 5.10 Å². The first-order chi connectivity index (χ1) is 11.2. The number of aromatic amines is 1. The van der Waals surface area contributed by atoms with E-state index in [4.69, 9.17) is 16.6 Å². The Balaban J connectivity index is 1.99. The topological polar surface area (TPSA) is 79.3 Å². The summed E-state index contributed by atoms with van der Waals surface area (Å²) in [6.45, 7) is 3.68. The van der Waals surface area contributed by atoms with E-state index in [0.29, 0.717) is 28.3 Å². The number of nitrogens with one attached hydrogen (secondary N) is 1. The number of H-pyrrole nitrogens is 1. The highest BCUT2D eigenvalue weighted by molar-refractivity contribution is 7.71. The van der Waals surface area contributed by atoms with Gasteiger partial charge in [-0.2, -0.15) is 9.78 Å². The van der Waals surface area contributed by atoms with Crippen LogP contribution in [0.25, 0.3) is 11.6 Å². The number of aromatic hydroxyl groups is 1. The van der Waals surface area contributed by atoms with Gasteiger partial charge in [-0.3, -0.25) is 0 Å². The minimum absolute atomic E-state index is 0.172. The van der Waals surface area contributed by atoms with Gasteiger partial charge in [0.25, 0.3) is 0 Å². The van der Waals surface area contributed by atoms with Crippen LogP contribution in [0.4, 0.5) is 0 Å². The van der Waals surface area contributed by atoms with Gasteiger partial charge in [-0.15, -0.1) is 11.7 Å². The molecule has 0 spiro atoms. The molecule has 7 heteroatoms. The molecule has 0 aliphatic heterocycles. The van der Waals surface area contributed by atoms with E-state index in [0.717, 1.165) is 5.56 Å². The molecule has 1 aromatic carbocycles. The molecule has 23 heavy (non-hydrogen) atoms. The number of furan rings is 1. The first-order valence-corrected chi connectivity index (χ1v) is 7.29. The molecule has 116 valence electrons. The number of allylic oxidation sites excluding steroid dienone is 1. The number of phenols is 1. The van der Waals surface area contributed by atoms with Gasteiger partial charge >= 0.3 is 0 Å². The van der Waals surface area contributed by atoms with Crippen LogP contribution in [0.15, 0.2) is 58.8 Å². The number of rotatable bonds is 5. The molecule has 3 aromatic rings. The van der Waals surface area contributed by atoms with E-state index in [-0.39, 0.29) is 5.75 Å². The van der Waals surface area contributed by atoms with Gasteiger partial charge < -0.3 is 9.52 Å². The molecule has 0 aliphatic rings. The Morgan fingerprint density at radius 2 is 2.26 bits per heavy atom. The lowest BCUT2D eigenvalue weighted by atomic mass is 10.1. The van der Waals surface area contributed by atoms with Gasteiger partial charge in [-0.1, -0.05) is 18.2 Å². The van der Waals surface area contributed by atoms with E-state index < -0.39 is 0 Å². The number of benzene rings is 1. The second kappa shape index (κ2) is 6.45. The first kappa shape index (κ1) is 15.0. The normalized spacial score (nSPS) is 11.1. The fourth-order valence-electron chi connectivity index (χ4n) is 2.12. The summed E-state index contributed by atoms with van der Waals surface area (Å²) in [5, 5.41) is 21.3. The summed E-state index contributed by atoms with van der Waals surface area (Å²) in [7, 11) is 0. The molecule has 0 unspecified atom stereocenters. The Morgan fingerprint density at radius 3 is 3.00 bits per heavy atom. The van der Waals surface area contributed by atoms with Crippen LogP contribution >= 0.6 is 12.2 Å². The second-order valence-electron chi connectivity index (χ2n) is 4.73. The van der Waals surface area contributed by atoms with Crippen LogP contribution in [0, 0.1) is 4.77 Å². The van der Waals surface area contributed by atoms with Crippen LogP contribution in [-0.4, -0.2) is 26.2 Å². The smallest absolute Gasteiger partial charge is 0.219 e. The Labute approximate surface area is 137 Å². The molecule has 0 atom stereocenters. The third kappa shape index (κ3) is 3.00. The van der Waals surface area contributed by atoms with E-state index in [1.807, 2.05) is 12.1 Å². The van der Waals surface area contributed by atoms with Crippen molar-refractivity contribution < 1.29 is 9.52 Å². The molecule has 0 aliphatic carbocycles. The standard InChI is InChI=1S/C16H14N4O2S/c1-2-5-11-6-3-7-12(14(11)21)10-17-20-15(18-19-16(20)23)13-8-4-9-22-13/h2-4,6-10,21H,1,5H2,(H,19,23)/b17-10-. The third-order valence-corrected chi connectivity index (χ3v) is 3.48. The molecule has 2 N–H and O–H groups in total. The van der Waals surface area contributed by atoms with Crippen molar-refractivity contribution in [1.82, 2.24) is 14.9 Å². The quantitative estimate of drug-likeness (QED) is 0.427. The number of phenolic OH excluding ortho intramolecular Hbond substituents is 1. The number of aromatic nitrogens is 3. The highest BCUT2D eigenvalue weighted by Crippen LogP contribution is 2.22. The summed E-state index contributed by atoms with van der Waals surface area (Å²) in [6.07, 6.45) is 5.39. The van der Waals surface area contributed by atoms with Gasteiger partial charge in [0.15, 0.2) is 5.76 Å². The maximum Gasteiger partial charge on any atom is 0.219 e. The number of nitrogens with zero attached hydrogens (tertiary/aromatic N) is 3. The van der Waals surface area contributed by atoms with Crippen LogP contribution in [0.3, 0.4) is 0 Å². The van der Waals surface area contributed by atoms with Gasteiger partial charge in [0.1, 0.15) is 5.75 Å². The van der Waals surface area contributed by atoms with E-state index >= 15 is 0 Å². The Bertz CT molecular complexity index is 907. The zero-order valence-corrected chi connectivity index (χ0v) is 13.0. The number of hydrogen-bond acceptors (Lipinski definition) is 5. The summed E-state index contributed by atoms with van der Waals surface area (Å²) in [4.78, 5) is 0. The van der Waals surface area contributed by atoms with Gasteiger partial charge in [0.2, 0.25) is 10.6 Å². The van der Waals surface area contributed by atoms with Gasteiger partial charge in [-0.05, 0) is 42.4 Å². The van der Waals surface area contributed by atoms with E-state index in [1.54, 1.807) is 30.5 Å². The monoisotopic (exact) mass is 326 g/mol. The average molecular weight is 326 g/mol. The maximum atomic E-state index is 10.3. The van der Waals surface area contributed by atoms with Gasteiger partial charge in [0, 0.05) is 5.56 Å². The Hall–Kier alpha value is -2.93. The van der Waals surface area contributed by atoms with Crippen LogP contribution in [0.5, 0.6) is 5.75 Å². The predicted molar refractivity (Wildman–Crippen MR) is 90.1 cm³/mol. The average Bonchev–Trinajstić information content (AvgIpc) is 3.18. The van der Waals surface area contributed by atoms with Crippen LogP contribution in [-0.2, 0) is 6.42 Å². The van der Waals surface area contributed by atoms with E-state index in [2.05, 4.69) is 21.9 Å². The molecule has 2 aromatic heterocycles. The van der Waals surface area contributed by atoms with Crippen molar-refractivity contribution in [3.05, 3.63) is 65.1 Å². The summed E-state index contributed by atoms with van der Waals surface area (Å²) in [6, 6.07) is 8.97. The second-order valence-corrected chi connectivity index (χ2v) is 5.12. The fourth-order valence-corrected chi connectivity index (χ4v) is 2.30. The lowest BCUT2D eigenvalue weighted by Gasteiger charge is -2.04. The molecular weight excluding hydrogens is 312 g/mol. The van der Waals surface area contributed by atoms with Crippen molar-refractivity contribution >= 4 is 18.4 Å². The molecule has 0 saturated carbocycles. The fraction of sp³-hybridized carbons (Fsp3) is 0.0625. The van der Waals surface area contributed by atoms with E-state index in [1.165, 1.54) is 10.9 Å². The minimum atomic E-state index is 0.172. The summed E-state index contributed by atoms with van der Waals surface area (Å²) >= 11 is 5.18. The van der Waals surface area contributed by atoms with Gasteiger partial charge in [0.05, 0.1) is 12.5 Å². The molecular formula is C16H14N4O2S. The molecule has 0 amide bonds. The zero-order chi connectivity index (χ0) is 16.2. The molecule has 3 rings (SSSR count). The predicted octanol–water partition coefficient (Wildman–Crippen LogP) is 3.52. The minimum Gasteiger partial charge on any atom is -0.507 e. The molecule has 0 radical (unpaired) electrons. The number of hydrogen-bond donors (Lipinski definition) is 2. The van der Waals surface area contributed by atoms with Crippen molar-refractivity contribution in [2.45, 2.75) is 6.42 Å². The van der Waals surface area contributed by atoms with Crippen LogP contribution < -0.4 is 0 Å². The lowest BCUT2D eigenvalue weighted by molar-refractivity contribution is 0.469. The van der Waals surface area contributed by atoms with Crippen molar-refractivity contribution in [3.8, 4) is 17.3 Å². The Morgan fingerprint density at radius 1 is 1.39 bits per heavy atom. The maximum absolute atomic E-state index is 10.3.